The molecule has 0 spiro atoms. The number of nitro groups is 1. The van der Waals surface area contributed by atoms with Crippen molar-refractivity contribution in [1.29, 1.82) is 0 Å². The zero-order chi connectivity index (χ0) is 22.1. The van der Waals surface area contributed by atoms with E-state index in [1.54, 1.807) is 6.07 Å². The molecule has 2 amide bonds. The van der Waals surface area contributed by atoms with E-state index < -0.39 is 22.6 Å². The van der Waals surface area contributed by atoms with E-state index in [1.807, 2.05) is 20.8 Å². The first-order valence-corrected chi connectivity index (χ1v) is 8.92. The molecular formula is C20H19F2N5O3. The number of hydrogen-bond donors (Lipinski definition) is 2. The number of rotatable bonds is 4. The third-order valence-electron chi connectivity index (χ3n) is 4.14. The van der Waals surface area contributed by atoms with Gasteiger partial charge in [0.05, 0.1) is 16.3 Å². The van der Waals surface area contributed by atoms with Crippen molar-refractivity contribution in [3.8, 4) is 5.69 Å². The topological polar surface area (TPSA) is 102 Å². The van der Waals surface area contributed by atoms with Crippen LogP contribution in [0.5, 0.6) is 0 Å². The van der Waals surface area contributed by atoms with Gasteiger partial charge in [0.1, 0.15) is 17.5 Å². The molecule has 0 unspecified atom stereocenters. The minimum absolute atomic E-state index is 0.0533. The van der Waals surface area contributed by atoms with Crippen LogP contribution in [0, 0.1) is 21.7 Å². The number of non-ortho nitro benzene ring substituents is 1. The molecule has 3 aromatic rings. The highest BCUT2D eigenvalue weighted by atomic mass is 19.1. The van der Waals surface area contributed by atoms with E-state index in [2.05, 4.69) is 15.7 Å². The number of nitrogens with zero attached hydrogens (tertiary/aromatic N) is 3. The maximum absolute atomic E-state index is 13.3. The first-order valence-electron chi connectivity index (χ1n) is 8.92. The van der Waals surface area contributed by atoms with Gasteiger partial charge in [0.2, 0.25) is 0 Å². The van der Waals surface area contributed by atoms with Crippen LogP contribution in [0.1, 0.15) is 26.5 Å². The lowest BCUT2D eigenvalue weighted by atomic mass is 9.92. The van der Waals surface area contributed by atoms with Gasteiger partial charge in [-0.2, -0.15) is 5.10 Å². The van der Waals surface area contributed by atoms with Crippen molar-refractivity contribution in [2.75, 3.05) is 10.6 Å². The average molecular weight is 415 g/mol. The van der Waals surface area contributed by atoms with Crippen LogP contribution in [0.4, 0.5) is 30.8 Å². The molecule has 8 nitrogen and oxygen atoms in total. The molecule has 3 rings (SSSR count). The van der Waals surface area contributed by atoms with E-state index >= 15 is 0 Å². The summed E-state index contributed by atoms with van der Waals surface area (Å²) in [5, 5.41) is 20.3. The fourth-order valence-corrected chi connectivity index (χ4v) is 2.65. The average Bonchev–Trinajstić information content (AvgIpc) is 3.04. The molecular weight excluding hydrogens is 396 g/mol. The molecule has 0 aliphatic heterocycles. The number of halogens is 2. The molecule has 0 atom stereocenters. The Balaban J connectivity index is 1.91. The van der Waals surface area contributed by atoms with E-state index in [0.717, 1.165) is 12.1 Å². The minimum Gasteiger partial charge on any atom is -0.307 e. The lowest BCUT2D eigenvalue weighted by Crippen LogP contribution is -2.21. The molecule has 0 bridgehead atoms. The summed E-state index contributed by atoms with van der Waals surface area (Å²) in [5.74, 6) is -1.37. The van der Waals surface area contributed by atoms with Crippen LogP contribution in [0.3, 0.4) is 0 Å². The molecule has 0 saturated heterocycles. The summed E-state index contributed by atoms with van der Waals surface area (Å²) < 4.78 is 28.1. The minimum atomic E-state index is -0.823. The van der Waals surface area contributed by atoms with Gasteiger partial charge >= 0.3 is 6.03 Å². The van der Waals surface area contributed by atoms with Gasteiger partial charge in [-0.3, -0.25) is 15.4 Å². The molecule has 0 aliphatic carbocycles. The number of anilines is 2. The monoisotopic (exact) mass is 415 g/mol. The highest BCUT2D eigenvalue weighted by Gasteiger charge is 2.22. The van der Waals surface area contributed by atoms with Crippen LogP contribution >= 0.6 is 0 Å². The SMILES string of the molecule is CC(C)(C)c1cc(NC(=O)Nc2cc(F)cc(F)c2)n(-c2ccc([N+](=O)[O-])cc2)n1. The number of nitrogens with one attached hydrogen (secondary N) is 2. The van der Waals surface area contributed by atoms with Crippen LogP contribution < -0.4 is 10.6 Å². The fourth-order valence-electron chi connectivity index (χ4n) is 2.65. The molecule has 30 heavy (non-hydrogen) atoms. The van der Waals surface area contributed by atoms with Crippen molar-refractivity contribution < 1.29 is 18.5 Å². The number of carbonyl (C=O) groups excluding carboxylic acids is 1. The molecule has 10 heteroatoms. The smallest absolute Gasteiger partial charge is 0.307 e. The Morgan fingerprint density at radius 3 is 2.17 bits per heavy atom. The first kappa shape index (κ1) is 20.9. The van der Waals surface area contributed by atoms with Gasteiger partial charge in [-0.15, -0.1) is 0 Å². The summed E-state index contributed by atoms with van der Waals surface area (Å²) in [6.07, 6.45) is 0. The van der Waals surface area contributed by atoms with Crippen molar-refractivity contribution in [2.45, 2.75) is 26.2 Å². The quantitative estimate of drug-likeness (QED) is 0.462. The largest absolute Gasteiger partial charge is 0.324 e. The summed E-state index contributed by atoms with van der Waals surface area (Å²) in [7, 11) is 0. The van der Waals surface area contributed by atoms with Crippen molar-refractivity contribution in [3.63, 3.8) is 0 Å². The van der Waals surface area contributed by atoms with E-state index in [9.17, 15) is 23.7 Å². The highest BCUT2D eigenvalue weighted by Crippen LogP contribution is 2.27. The van der Waals surface area contributed by atoms with Gasteiger partial charge in [0.15, 0.2) is 0 Å². The number of benzene rings is 2. The number of nitro benzene ring substituents is 1. The molecule has 1 heterocycles. The maximum atomic E-state index is 13.3. The second kappa shape index (κ2) is 7.90. The predicted molar refractivity (Wildman–Crippen MR) is 108 cm³/mol. The zero-order valence-corrected chi connectivity index (χ0v) is 16.4. The van der Waals surface area contributed by atoms with Gasteiger partial charge in [-0.05, 0) is 24.3 Å². The molecule has 2 aromatic carbocycles. The van der Waals surface area contributed by atoms with Crippen LogP contribution in [0.2, 0.25) is 0 Å². The van der Waals surface area contributed by atoms with Gasteiger partial charge < -0.3 is 5.32 Å². The Bertz CT molecular complexity index is 1080. The summed E-state index contributed by atoms with van der Waals surface area (Å²) in [6, 6.07) is 9.25. The molecule has 0 fully saturated rings. The summed E-state index contributed by atoms with van der Waals surface area (Å²) in [4.78, 5) is 22.8. The van der Waals surface area contributed by atoms with Crippen LogP contribution in [0.25, 0.3) is 5.69 Å². The second-order valence-corrected chi connectivity index (χ2v) is 7.59. The molecule has 0 radical (unpaired) electrons. The van der Waals surface area contributed by atoms with E-state index in [4.69, 9.17) is 0 Å². The fraction of sp³-hybridized carbons (Fsp3) is 0.200. The van der Waals surface area contributed by atoms with Crippen molar-refractivity contribution in [2.24, 2.45) is 0 Å². The van der Waals surface area contributed by atoms with E-state index in [0.29, 0.717) is 17.4 Å². The van der Waals surface area contributed by atoms with Crippen LogP contribution in [-0.2, 0) is 5.41 Å². The number of urea groups is 1. The van der Waals surface area contributed by atoms with Crippen molar-refractivity contribution in [1.82, 2.24) is 9.78 Å². The Labute approximate surface area is 170 Å². The second-order valence-electron chi connectivity index (χ2n) is 7.59. The van der Waals surface area contributed by atoms with E-state index in [1.165, 1.54) is 28.9 Å². The number of amides is 2. The van der Waals surface area contributed by atoms with Crippen molar-refractivity contribution >= 4 is 23.2 Å². The Kier molecular flexibility index (Phi) is 5.50. The molecule has 1 aromatic heterocycles. The Morgan fingerprint density at radius 1 is 1.03 bits per heavy atom. The molecule has 0 aliphatic rings. The third kappa shape index (κ3) is 4.77. The standard InChI is InChI=1S/C20H19F2N5O3/c1-20(2,3)17-11-18(24-19(28)23-14-9-12(21)8-13(22)10-14)26(25-17)15-4-6-16(7-5-15)27(29)30/h4-11H,1-3H3,(H2,23,24,28). The predicted octanol–water partition coefficient (Wildman–Crippen LogP) is 5.00. The van der Waals surface area contributed by atoms with Gasteiger partial charge in [0, 0.05) is 35.4 Å². The summed E-state index contributed by atoms with van der Waals surface area (Å²) in [5.41, 5.74) is 0.672. The molecule has 2 N–H and O–H groups in total. The highest BCUT2D eigenvalue weighted by molar-refractivity contribution is 5.99. The van der Waals surface area contributed by atoms with Crippen molar-refractivity contribution in [3.05, 3.63) is 76.0 Å². The number of carbonyl (C=O) groups is 1. The van der Waals surface area contributed by atoms with Gasteiger partial charge in [-0.25, -0.2) is 18.3 Å². The lowest BCUT2D eigenvalue weighted by Gasteiger charge is -2.14. The first-order chi connectivity index (χ1) is 14.0. The number of aromatic nitrogens is 2. The van der Waals surface area contributed by atoms with Crippen LogP contribution in [-0.4, -0.2) is 20.7 Å². The summed E-state index contributed by atoms with van der Waals surface area (Å²) in [6.45, 7) is 5.82. The van der Waals surface area contributed by atoms with Gasteiger partial charge in [0.25, 0.3) is 5.69 Å². The Morgan fingerprint density at radius 2 is 1.63 bits per heavy atom. The zero-order valence-electron chi connectivity index (χ0n) is 16.4. The van der Waals surface area contributed by atoms with Gasteiger partial charge in [-0.1, -0.05) is 20.8 Å². The molecule has 156 valence electrons. The normalized spacial score (nSPS) is 11.2. The Hall–Kier alpha value is -3.82. The summed E-state index contributed by atoms with van der Waals surface area (Å²) >= 11 is 0. The number of hydrogen-bond acceptors (Lipinski definition) is 4. The lowest BCUT2D eigenvalue weighted by molar-refractivity contribution is -0.384. The third-order valence-corrected chi connectivity index (χ3v) is 4.14. The van der Waals surface area contributed by atoms with Crippen LogP contribution in [0.15, 0.2) is 48.5 Å². The molecule has 0 saturated carbocycles. The van der Waals surface area contributed by atoms with E-state index in [-0.39, 0.29) is 22.6 Å². The maximum Gasteiger partial charge on any atom is 0.324 e.